The van der Waals surface area contributed by atoms with Crippen LogP contribution in [0.25, 0.3) is 11.4 Å². The van der Waals surface area contributed by atoms with Gasteiger partial charge in [-0.25, -0.2) is 28.1 Å². The molecule has 6 aromatic rings. The maximum atomic E-state index is 12.6. The van der Waals surface area contributed by atoms with Gasteiger partial charge in [0.05, 0.1) is 30.6 Å². The van der Waals surface area contributed by atoms with Crippen LogP contribution in [0.1, 0.15) is 52.6 Å². The number of phenolic OH excluding ortho intramolecular Hbond substituents is 1. The first-order chi connectivity index (χ1) is 28.7. The Hall–Kier alpha value is -6.44. The molecule has 0 bridgehead atoms. The average Bonchev–Trinajstić information content (AvgIpc) is 3.88. The first-order valence-electron chi connectivity index (χ1n) is 20.6. The van der Waals surface area contributed by atoms with Gasteiger partial charge in [0.1, 0.15) is 24.2 Å². The number of ether oxygens (including phenoxy) is 1. The molecule has 2 aliphatic rings. The number of phenols is 1. The molecule has 2 atom stereocenters. The Kier molecular flexibility index (Phi) is 12.7. The maximum Gasteiger partial charge on any atom is 0.350 e. The van der Waals surface area contributed by atoms with E-state index >= 15 is 0 Å². The summed E-state index contributed by atoms with van der Waals surface area (Å²) in [5.74, 6) is 1.17. The number of aromatic hydroxyl groups is 1. The van der Waals surface area contributed by atoms with Gasteiger partial charge in [0.2, 0.25) is 0 Å². The minimum Gasteiger partial charge on any atom is -0.508 e. The van der Waals surface area contributed by atoms with Gasteiger partial charge in [0, 0.05) is 75.1 Å². The molecule has 14 nitrogen and oxygen atoms in total. The minimum atomic E-state index is -0.102. The van der Waals surface area contributed by atoms with Crippen molar-refractivity contribution in [1.82, 2.24) is 28.7 Å². The second-order valence-electron chi connectivity index (χ2n) is 15.2. The highest BCUT2D eigenvalue weighted by Crippen LogP contribution is 2.25. The van der Waals surface area contributed by atoms with Gasteiger partial charge in [-0.3, -0.25) is 0 Å². The minimum absolute atomic E-state index is 0.0906. The third kappa shape index (κ3) is 9.16. The molecule has 2 saturated heterocycles. The third-order valence-corrected chi connectivity index (χ3v) is 11.6. The fourth-order valence-electron chi connectivity index (χ4n) is 7.49. The Balaban J connectivity index is 0.000000179. The topological polar surface area (TPSA) is 122 Å². The summed E-state index contributed by atoms with van der Waals surface area (Å²) in [6.07, 6.45) is 4.95. The molecule has 14 heteroatoms. The van der Waals surface area contributed by atoms with Crippen molar-refractivity contribution in [3.63, 3.8) is 0 Å². The summed E-state index contributed by atoms with van der Waals surface area (Å²) in [6, 6.07) is 32.0. The zero-order valence-electron chi connectivity index (χ0n) is 34.8. The molecular formula is C45H56N10O4. The molecule has 0 radical (unpaired) electrons. The van der Waals surface area contributed by atoms with Crippen LogP contribution in [0.2, 0.25) is 0 Å². The van der Waals surface area contributed by atoms with Crippen LogP contribution in [0, 0.1) is 0 Å². The SMILES string of the molecule is CCC(C)n1ncn(-c2ccc(N3CCN(c4ccc(O)cc4)CC3)cc2)c1=O.CCC(C)n1ncn(-c2ccc(N3CCN(c4ccc(OC)cc4)CC3)cc2)c1=O. The quantitative estimate of drug-likeness (QED) is 0.158. The van der Waals surface area contributed by atoms with E-state index in [-0.39, 0.29) is 23.5 Å². The Bertz CT molecular complexity index is 2350. The third-order valence-electron chi connectivity index (χ3n) is 11.6. The van der Waals surface area contributed by atoms with Crippen LogP contribution in [0.5, 0.6) is 11.5 Å². The van der Waals surface area contributed by atoms with Crippen molar-refractivity contribution < 1.29 is 9.84 Å². The van der Waals surface area contributed by atoms with Crippen molar-refractivity contribution in [2.75, 3.05) is 79.1 Å². The van der Waals surface area contributed by atoms with Crippen molar-refractivity contribution >= 4 is 22.7 Å². The predicted octanol–water partition coefficient (Wildman–Crippen LogP) is 6.38. The Morgan fingerprint density at radius 2 is 0.797 bits per heavy atom. The van der Waals surface area contributed by atoms with Gasteiger partial charge < -0.3 is 29.4 Å². The lowest BCUT2D eigenvalue weighted by molar-refractivity contribution is 0.415. The number of rotatable bonds is 11. The van der Waals surface area contributed by atoms with E-state index in [1.807, 2.05) is 69.3 Å². The van der Waals surface area contributed by atoms with E-state index in [1.165, 1.54) is 16.1 Å². The van der Waals surface area contributed by atoms with E-state index in [4.69, 9.17) is 4.74 Å². The number of hydrogen-bond acceptors (Lipinski definition) is 10. The smallest absolute Gasteiger partial charge is 0.350 e. The summed E-state index contributed by atoms with van der Waals surface area (Å²) in [5.41, 5.74) is 6.17. The number of nitrogens with zero attached hydrogens (tertiary/aromatic N) is 10. The summed E-state index contributed by atoms with van der Waals surface area (Å²) in [6.45, 7) is 15.7. The van der Waals surface area contributed by atoms with Crippen molar-refractivity contribution in [2.45, 2.75) is 52.6 Å². The number of piperazine rings is 2. The molecule has 2 fully saturated rings. The number of methoxy groups -OCH3 is 1. The van der Waals surface area contributed by atoms with Crippen LogP contribution in [0.4, 0.5) is 22.7 Å². The molecule has 2 aromatic heterocycles. The summed E-state index contributed by atoms with van der Waals surface area (Å²) >= 11 is 0. The second kappa shape index (κ2) is 18.4. The lowest BCUT2D eigenvalue weighted by Gasteiger charge is -2.37. The molecule has 8 rings (SSSR count). The van der Waals surface area contributed by atoms with Crippen LogP contribution < -0.4 is 35.7 Å². The fourth-order valence-corrected chi connectivity index (χ4v) is 7.49. The van der Waals surface area contributed by atoms with Gasteiger partial charge in [-0.05, 0) is 124 Å². The van der Waals surface area contributed by atoms with Crippen LogP contribution >= 0.6 is 0 Å². The molecule has 0 saturated carbocycles. The van der Waals surface area contributed by atoms with E-state index in [0.29, 0.717) is 5.75 Å². The summed E-state index contributed by atoms with van der Waals surface area (Å²) < 4.78 is 11.5. The lowest BCUT2D eigenvalue weighted by Crippen LogP contribution is -2.46. The van der Waals surface area contributed by atoms with Crippen LogP contribution in [0.15, 0.2) is 119 Å². The maximum absolute atomic E-state index is 12.6. The van der Waals surface area contributed by atoms with E-state index in [1.54, 1.807) is 45.7 Å². The van der Waals surface area contributed by atoms with Crippen molar-refractivity contribution in [2.24, 2.45) is 0 Å². The molecule has 2 unspecified atom stereocenters. The van der Waals surface area contributed by atoms with E-state index in [9.17, 15) is 14.7 Å². The molecule has 4 aromatic carbocycles. The van der Waals surface area contributed by atoms with Gasteiger partial charge in [-0.15, -0.1) is 0 Å². The second-order valence-corrected chi connectivity index (χ2v) is 15.2. The lowest BCUT2D eigenvalue weighted by atomic mass is 10.2. The Labute approximate surface area is 345 Å². The molecule has 0 spiro atoms. The van der Waals surface area contributed by atoms with Gasteiger partial charge >= 0.3 is 11.4 Å². The van der Waals surface area contributed by atoms with Crippen LogP contribution in [-0.2, 0) is 0 Å². The number of anilines is 4. The van der Waals surface area contributed by atoms with Crippen molar-refractivity contribution in [3.05, 3.63) is 131 Å². The predicted molar refractivity (Wildman–Crippen MR) is 236 cm³/mol. The van der Waals surface area contributed by atoms with E-state index < -0.39 is 0 Å². The highest BCUT2D eigenvalue weighted by atomic mass is 16.5. The standard InChI is InChI=1S/C23H29N5O2.C22H27N5O2/c1-4-18(2)28-23(29)27(17-24-28)21-7-5-19(6-8-21)25-13-15-26(16-14-25)20-9-11-22(30-3)12-10-20;1-3-17(2)27-22(29)26(16-23-27)20-6-4-18(5-7-20)24-12-14-25(15-13-24)19-8-10-21(28)11-9-19/h5-12,17-18H,4,13-16H2,1-3H3;4-11,16-17,28H,3,12-15H2,1-2H3. The average molecular weight is 801 g/mol. The van der Waals surface area contributed by atoms with Crippen molar-refractivity contribution in [3.8, 4) is 22.9 Å². The highest BCUT2D eigenvalue weighted by molar-refractivity contribution is 5.56. The normalized spacial score (nSPS) is 15.4. The molecule has 59 heavy (non-hydrogen) atoms. The van der Waals surface area contributed by atoms with Gasteiger partial charge in [0.25, 0.3) is 0 Å². The summed E-state index contributed by atoms with van der Waals surface area (Å²) in [5, 5.41) is 18.0. The Morgan fingerprint density at radius 1 is 0.508 bits per heavy atom. The molecule has 4 heterocycles. The van der Waals surface area contributed by atoms with E-state index in [0.717, 1.165) is 93.7 Å². The van der Waals surface area contributed by atoms with Gasteiger partial charge in [-0.1, -0.05) is 13.8 Å². The first-order valence-corrected chi connectivity index (χ1v) is 20.6. The number of aromatic nitrogens is 6. The number of hydrogen-bond donors (Lipinski definition) is 1. The van der Waals surface area contributed by atoms with Gasteiger partial charge in [0.15, 0.2) is 0 Å². The Morgan fingerprint density at radius 3 is 1.10 bits per heavy atom. The molecular weight excluding hydrogens is 745 g/mol. The summed E-state index contributed by atoms with van der Waals surface area (Å²) in [7, 11) is 1.69. The highest BCUT2D eigenvalue weighted by Gasteiger charge is 2.20. The fraction of sp³-hybridized carbons (Fsp3) is 0.378. The monoisotopic (exact) mass is 800 g/mol. The van der Waals surface area contributed by atoms with Crippen LogP contribution in [0.3, 0.4) is 0 Å². The summed E-state index contributed by atoms with van der Waals surface area (Å²) in [4.78, 5) is 34.6. The van der Waals surface area contributed by atoms with Gasteiger partial charge in [-0.2, -0.15) is 10.2 Å². The van der Waals surface area contributed by atoms with E-state index in [2.05, 4.69) is 73.1 Å². The zero-order chi connectivity index (χ0) is 41.5. The largest absolute Gasteiger partial charge is 0.508 e. The molecule has 1 N–H and O–H groups in total. The molecule has 310 valence electrons. The number of benzene rings is 4. The molecule has 0 amide bonds. The molecule has 2 aliphatic heterocycles. The first kappa shape index (κ1) is 40.7. The van der Waals surface area contributed by atoms with Crippen LogP contribution in [-0.4, -0.2) is 93.3 Å². The van der Waals surface area contributed by atoms with Crippen molar-refractivity contribution in [1.29, 1.82) is 0 Å². The zero-order valence-corrected chi connectivity index (χ0v) is 34.8. The molecule has 0 aliphatic carbocycles.